The molecule has 0 radical (unpaired) electrons. The van der Waals surface area contributed by atoms with Crippen LogP contribution in [0.4, 0.5) is 8.78 Å². The van der Waals surface area contributed by atoms with Gasteiger partial charge in [0.1, 0.15) is 0 Å². The molecule has 1 aliphatic heterocycles. The summed E-state index contributed by atoms with van der Waals surface area (Å²) in [7, 11) is 0. The van der Waals surface area contributed by atoms with Crippen LogP contribution < -0.4 is 5.43 Å². The van der Waals surface area contributed by atoms with Crippen LogP contribution in [0.3, 0.4) is 0 Å². The van der Waals surface area contributed by atoms with Gasteiger partial charge in [-0.3, -0.25) is 5.43 Å². The van der Waals surface area contributed by atoms with Gasteiger partial charge in [0, 0.05) is 31.5 Å². The molecule has 0 aromatic rings. The Morgan fingerprint density at radius 1 is 1.18 bits per heavy atom. The summed E-state index contributed by atoms with van der Waals surface area (Å²) in [5.74, 6) is -2.27. The third-order valence-corrected chi connectivity index (χ3v) is 4.26. The molecule has 2 nitrogen and oxygen atoms in total. The largest absolute Gasteiger partial charge is 0.254 e. The second-order valence-corrected chi connectivity index (χ2v) is 5.86. The predicted octanol–water partition coefficient (Wildman–Crippen LogP) is 3.19. The van der Waals surface area contributed by atoms with Crippen molar-refractivity contribution in [1.29, 1.82) is 0 Å². The monoisotopic (exact) mass is 246 g/mol. The standard InChI is InChI=1S/C13H24F2N2/c1-10-4-3-5-11(2)17(10)16-9-12-6-7-13(14,15)8-12/h10-12,16H,3-9H2,1-2H3. The smallest absolute Gasteiger partial charge is 0.248 e. The van der Waals surface area contributed by atoms with Crippen LogP contribution in [0.25, 0.3) is 0 Å². The Kier molecular flexibility index (Phi) is 4.03. The van der Waals surface area contributed by atoms with Crippen molar-refractivity contribution in [2.75, 3.05) is 6.54 Å². The van der Waals surface area contributed by atoms with Crippen LogP contribution in [0.1, 0.15) is 52.4 Å². The fourth-order valence-electron chi connectivity index (χ4n) is 3.18. The molecule has 0 spiro atoms. The van der Waals surface area contributed by atoms with Gasteiger partial charge in [-0.15, -0.1) is 0 Å². The van der Waals surface area contributed by atoms with Gasteiger partial charge in [-0.2, -0.15) is 0 Å². The summed E-state index contributed by atoms with van der Waals surface area (Å²) in [6.07, 6.45) is 4.50. The van der Waals surface area contributed by atoms with Gasteiger partial charge in [0.2, 0.25) is 5.92 Å². The molecule has 2 rings (SSSR count). The van der Waals surface area contributed by atoms with E-state index in [0.717, 1.165) is 0 Å². The zero-order valence-electron chi connectivity index (χ0n) is 10.9. The first kappa shape index (κ1) is 13.2. The third-order valence-electron chi connectivity index (χ3n) is 4.26. The molecule has 100 valence electrons. The molecule has 2 fully saturated rings. The zero-order valence-corrected chi connectivity index (χ0v) is 10.9. The summed E-state index contributed by atoms with van der Waals surface area (Å²) in [5, 5.41) is 2.28. The first-order chi connectivity index (χ1) is 7.98. The minimum Gasteiger partial charge on any atom is -0.254 e. The van der Waals surface area contributed by atoms with Crippen LogP contribution in [-0.2, 0) is 0 Å². The van der Waals surface area contributed by atoms with Crippen LogP contribution in [0.2, 0.25) is 0 Å². The quantitative estimate of drug-likeness (QED) is 0.822. The SMILES string of the molecule is CC1CCCC(C)N1NCC1CCC(F)(F)C1. The summed E-state index contributed by atoms with van der Waals surface area (Å²) in [4.78, 5) is 0. The van der Waals surface area contributed by atoms with Gasteiger partial charge in [-0.25, -0.2) is 13.8 Å². The third kappa shape index (κ3) is 3.38. The van der Waals surface area contributed by atoms with E-state index in [1.54, 1.807) is 0 Å². The molecule has 0 aromatic heterocycles. The maximum atomic E-state index is 13.1. The van der Waals surface area contributed by atoms with Gasteiger partial charge in [-0.1, -0.05) is 6.42 Å². The number of piperidine rings is 1. The lowest BCUT2D eigenvalue weighted by Crippen LogP contribution is -2.53. The van der Waals surface area contributed by atoms with Crippen LogP contribution in [-0.4, -0.2) is 29.6 Å². The van der Waals surface area contributed by atoms with Gasteiger partial charge in [0.25, 0.3) is 0 Å². The molecule has 1 heterocycles. The Bertz CT molecular complexity index is 248. The van der Waals surface area contributed by atoms with Crippen molar-refractivity contribution in [2.45, 2.75) is 70.4 Å². The molecule has 0 bridgehead atoms. The van der Waals surface area contributed by atoms with Crippen molar-refractivity contribution < 1.29 is 8.78 Å². The number of halogens is 2. The van der Waals surface area contributed by atoms with Gasteiger partial charge in [0.15, 0.2) is 0 Å². The molecule has 0 aromatic carbocycles. The second-order valence-electron chi connectivity index (χ2n) is 5.86. The molecule has 1 aliphatic carbocycles. The van der Waals surface area contributed by atoms with Gasteiger partial charge >= 0.3 is 0 Å². The molecular formula is C13H24F2N2. The molecule has 1 N–H and O–H groups in total. The second kappa shape index (κ2) is 5.19. The summed E-state index contributed by atoms with van der Waals surface area (Å²) in [6, 6.07) is 1.06. The number of rotatable bonds is 3. The number of hydrogen-bond acceptors (Lipinski definition) is 2. The lowest BCUT2D eigenvalue weighted by molar-refractivity contribution is 0.00116. The maximum Gasteiger partial charge on any atom is 0.248 e. The Morgan fingerprint density at radius 2 is 1.82 bits per heavy atom. The van der Waals surface area contributed by atoms with E-state index in [4.69, 9.17) is 0 Å². The summed E-state index contributed by atoms with van der Waals surface area (Å²) < 4.78 is 26.1. The van der Waals surface area contributed by atoms with Gasteiger partial charge < -0.3 is 0 Å². The molecule has 2 aliphatic rings. The molecule has 17 heavy (non-hydrogen) atoms. The van der Waals surface area contributed by atoms with Crippen LogP contribution in [0, 0.1) is 5.92 Å². The predicted molar refractivity (Wildman–Crippen MR) is 64.9 cm³/mol. The summed E-state index contributed by atoms with van der Waals surface area (Å²) >= 11 is 0. The van der Waals surface area contributed by atoms with Crippen LogP contribution in [0.5, 0.6) is 0 Å². The van der Waals surface area contributed by atoms with E-state index >= 15 is 0 Å². The minimum absolute atomic E-state index is 0.0661. The number of hydrazine groups is 1. The Morgan fingerprint density at radius 3 is 2.35 bits per heavy atom. The molecule has 3 unspecified atom stereocenters. The fourth-order valence-corrected chi connectivity index (χ4v) is 3.18. The van der Waals surface area contributed by atoms with E-state index in [1.165, 1.54) is 19.3 Å². The first-order valence-corrected chi connectivity index (χ1v) is 6.87. The number of alkyl halides is 2. The summed E-state index contributed by atoms with van der Waals surface area (Å²) in [6.45, 7) is 5.14. The normalized spacial score (nSPS) is 38.5. The summed E-state index contributed by atoms with van der Waals surface area (Å²) in [5.41, 5.74) is 3.40. The van der Waals surface area contributed by atoms with E-state index in [0.29, 0.717) is 25.0 Å². The molecule has 1 saturated heterocycles. The highest BCUT2D eigenvalue weighted by molar-refractivity contribution is 4.83. The van der Waals surface area contributed by atoms with Crippen molar-refractivity contribution in [3.8, 4) is 0 Å². The fraction of sp³-hybridized carbons (Fsp3) is 1.00. The molecule has 3 atom stereocenters. The Hall–Kier alpha value is -0.220. The van der Waals surface area contributed by atoms with Crippen molar-refractivity contribution in [2.24, 2.45) is 5.92 Å². The van der Waals surface area contributed by atoms with Crippen LogP contribution >= 0.6 is 0 Å². The topological polar surface area (TPSA) is 15.3 Å². The van der Waals surface area contributed by atoms with Crippen molar-refractivity contribution in [3.05, 3.63) is 0 Å². The van der Waals surface area contributed by atoms with Crippen LogP contribution in [0.15, 0.2) is 0 Å². The lowest BCUT2D eigenvalue weighted by Gasteiger charge is -2.39. The van der Waals surface area contributed by atoms with E-state index < -0.39 is 5.92 Å². The average Bonchev–Trinajstić information content (AvgIpc) is 2.57. The Balaban J connectivity index is 1.77. The lowest BCUT2D eigenvalue weighted by atomic mass is 9.99. The van der Waals surface area contributed by atoms with Gasteiger partial charge in [-0.05, 0) is 39.0 Å². The highest BCUT2D eigenvalue weighted by atomic mass is 19.3. The van der Waals surface area contributed by atoms with E-state index in [-0.39, 0.29) is 18.8 Å². The molecule has 1 saturated carbocycles. The molecule has 0 amide bonds. The highest BCUT2D eigenvalue weighted by Crippen LogP contribution is 2.38. The van der Waals surface area contributed by atoms with Crippen molar-refractivity contribution >= 4 is 0 Å². The zero-order chi connectivity index (χ0) is 12.5. The molecular weight excluding hydrogens is 222 g/mol. The number of hydrogen-bond donors (Lipinski definition) is 1. The number of nitrogens with zero attached hydrogens (tertiary/aromatic N) is 1. The molecule has 4 heteroatoms. The van der Waals surface area contributed by atoms with Gasteiger partial charge in [0.05, 0.1) is 0 Å². The van der Waals surface area contributed by atoms with E-state index in [9.17, 15) is 8.78 Å². The Labute approximate surface area is 103 Å². The number of nitrogens with one attached hydrogen (secondary N) is 1. The highest BCUT2D eigenvalue weighted by Gasteiger charge is 2.39. The average molecular weight is 246 g/mol. The first-order valence-electron chi connectivity index (χ1n) is 6.87. The van der Waals surface area contributed by atoms with E-state index in [2.05, 4.69) is 24.3 Å². The maximum absolute atomic E-state index is 13.1. The van der Waals surface area contributed by atoms with Crippen molar-refractivity contribution in [1.82, 2.24) is 10.4 Å². The van der Waals surface area contributed by atoms with Crippen molar-refractivity contribution in [3.63, 3.8) is 0 Å². The minimum atomic E-state index is -2.41. The van der Waals surface area contributed by atoms with E-state index in [1.807, 2.05) is 0 Å².